The molecule has 0 bridgehead atoms. The van der Waals surface area contributed by atoms with E-state index in [1.54, 1.807) is 24.8 Å². The van der Waals surface area contributed by atoms with Crippen molar-refractivity contribution in [2.45, 2.75) is 19.2 Å². The standard InChI is InChI=1S/C11H18N4O2S2/c1-3-19(16,17)10-7-18-5-4-15(10)9-6-8(2)13-11(12)14-9/h6,10H,3-5,7H2,1-2H3,(H2,12,13,14). The van der Waals surface area contributed by atoms with Crippen LogP contribution in [-0.2, 0) is 9.84 Å². The highest BCUT2D eigenvalue weighted by molar-refractivity contribution is 8.01. The zero-order chi connectivity index (χ0) is 14.0. The molecule has 0 spiro atoms. The van der Waals surface area contributed by atoms with Gasteiger partial charge in [-0.2, -0.15) is 16.7 Å². The molecule has 1 unspecified atom stereocenters. The Hall–Kier alpha value is -1.02. The smallest absolute Gasteiger partial charge is 0.222 e. The monoisotopic (exact) mass is 302 g/mol. The lowest BCUT2D eigenvalue weighted by molar-refractivity contribution is 0.578. The zero-order valence-corrected chi connectivity index (χ0v) is 12.7. The molecule has 2 rings (SSSR count). The number of hydrogen-bond donors (Lipinski definition) is 1. The fourth-order valence-corrected chi connectivity index (χ4v) is 5.03. The van der Waals surface area contributed by atoms with E-state index in [1.807, 2.05) is 11.8 Å². The van der Waals surface area contributed by atoms with Crippen LogP contribution in [0.25, 0.3) is 0 Å². The van der Waals surface area contributed by atoms with Gasteiger partial charge in [-0.05, 0) is 6.92 Å². The molecule has 1 aromatic heterocycles. The normalized spacial score (nSPS) is 20.5. The van der Waals surface area contributed by atoms with Gasteiger partial charge in [-0.15, -0.1) is 0 Å². The van der Waals surface area contributed by atoms with E-state index in [1.165, 1.54) is 0 Å². The van der Waals surface area contributed by atoms with Crippen LogP contribution in [0.2, 0.25) is 0 Å². The van der Waals surface area contributed by atoms with Crippen LogP contribution in [-0.4, -0.2) is 47.6 Å². The highest BCUT2D eigenvalue weighted by atomic mass is 32.2. The number of rotatable bonds is 3. The van der Waals surface area contributed by atoms with Gasteiger partial charge in [0, 0.05) is 35.6 Å². The van der Waals surface area contributed by atoms with E-state index < -0.39 is 15.2 Å². The molecule has 8 heteroatoms. The summed E-state index contributed by atoms with van der Waals surface area (Å²) in [6.07, 6.45) is 0. The van der Waals surface area contributed by atoms with Gasteiger partial charge in [0.1, 0.15) is 11.2 Å². The molecule has 6 nitrogen and oxygen atoms in total. The highest BCUT2D eigenvalue weighted by Crippen LogP contribution is 2.26. The summed E-state index contributed by atoms with van der Waals surface area (Å²) in [5, 5.41) is -0.523. The van der Waals surface area contributed by atoms with Crippen LogP contribution in [0, 0.1) is 6.92 Å². The first kappa shape index (κ1) is 14.4. The second kappa shape index (κ2) is 5.54. The van der Waals surface area contributed by atoms with Crippen LogP contribution in [0.5, 0.6) is 0 Å². The number of anilines is 2. The summed E-state index contributed by atoms with van der Waals surface area (Å²) in [7, 11) is -3.14. The Bertz CT molecular complexity index is 542. The van der Waals surface area contributed by atoms with Crippen molar-refractivity contribution in [3.8, 4) is 0 Å². The van der Waals surface area contributed by atoms with E-state index in [0.29, 0.717) is 18.1 Å². The maximum absolute atomic E-state index is 12.2. The van der Waals surface area contributed by atoms with Gasteiger partial charge in [-0.3, -0.25) is 0 Å². The van der Waals surface area contributed by atoms with Gasteiger partial charge >= 0.3 is 0 Å². The van der Waals surface area contributed by atoms with E-state index in [2.05, 4.69) is 9.97 Å². The van der Waals surface area contributed by atoms with E-state index >= 15 is 0 Å². The van der Waals surface area contributed by atoms with Crippen LogP contribution >= 0.6 is 11.8 Å². The first-order valence-corrected chi connectivity index (χ1v) is 8.98. The Morgan fingerprint density at radius 2 is 2.26 bits per heavy atom. The van der Waals surface area contributed by atoms with E-state index in [4.69, 9.17) is 5.73 Å². The Morgan fingerprint density at radius 3 is 2.89 bits per heavy atom. The summed E-state index contributed by atoms with van der Waals surface area (Å²) in [6.45, 7) is 4.15. The van der Waals surface area contributed by atoms with Gasteiger partial charge in [0.05, 0.1) is 0 Å². The molecular weight excluding hydrogens is 284 g/mol. The Balaban J connectivity index is 2.39. The number of thioether (sulfide) groups is 1. The van der Waals surface area contributed by atoms with Crippen molar-refractivity contribution in [1.82, 2.24) is 9.97 Å². The molecule has 19 heavy (non-hydrogen) atoms. The predicted molar refractivity (Wildman–Crippen MR) is 79.1 cm³/mol. The summed E-state index contributed by atoms with van der Waals surface area (Å²) < 4.78 is 24.4. The molecule has 2 heterocycles. The second-order valence-corrected chi connectivity index (χ2v) is 8.00. The number of nitrogen functional groups attached to an aromatic ring is 1. The maximum atomic E-state index is 12.2. The van der Waals surface area contributed by atoms with Crippen LogP contribution in [0.3, 0.4) is 0 Å². The van der Waals surface area contributed by atoms with Gasteiger partial charge in [-0.25, -0.2) is 13.4 Å². The van der Waals surface area contributed by atoms with Crippen LogP contribution in [0.15, 0.2) is 6.07 Å². The number of hydrogen-bond acceptors (Lipinski definition) is 7. The lowest BCUT2D eigenvalue weighted by Gasteiger charge is -2.35. The molecule has 0 aliphatic carbocycles. The summed E-state index contributed by atoms with van der Waals surface area (Å²) in [5.41, 5.74) is 6.39. The van der Waals surface area contributed by atoms with Crippen molar-refractivity contribution < 1.29 is 8.42 Å². The minimum Gasteiger partial charge on any atom is -0.368 e. The van der Waals surface area contributed by atoms with E-state index in [0.717, 1.165) is 11.4 Å². The van der Waals surface area contributed by atoms with Crippen molar-refractivity contribution in [1.29, 1.82) is 0 Å². The lowest BCUT2D eigenvalue weighted by Crippen LogP contribution is -2.48. The third-order valence-electron chi connectivity index (χ3n) is 3.05. The zero-order valence-electron chi connectivity index (χ0n) is 11.0. The van der Waals surface area contributed by atoms with Crippen molar-refractivity contribution in [2.24, 2.45) is 0 Å². The van der Waals surface area contributed by atoms with Crippen molar-refractivity contribution in [3.05, 3.63) is 11.8 Å². The molecule has 1 aliphatic rings. The Labute approximate surface area is 117 Å². The van der Waals surface area contributed by atoms with Crippen LogP contribution in [0.1, 0.15) is 12.6 Å². The minimum absolute atomic E-state index is 0.133. The summed E-state index contributed by atoms with van der Waals surface area (Å²) in [4.78, 5) is 10.0. The molecule has 1 atom stereocenters. The topological polar surface area (TPSA) is 89.2 Å². The quantitative estimate of drug-likeness (QED) is 0.878. The first-order valence-electron chi connectivity index (χ1n) is 6.11. The Morgan fingerprint density at radius 1 is 1.53 bits per heavy atom. The van der Waals surface area contributed by atoms with Gasteiger partial charge in [0.25, 0.3) is 0 Å². The molecule has 0 amide bonds. The molecule has 1 aliphatic heterocycles. The molecular formula is C11H18N4O2S2. The number of nitrogens with zero attached hydrogens (tertiary/aromatic N) is 3. The average molecular weight is 302 g/mol. The fourth-order valence-electron chi connectivity index (χ4n) is 2.05. The van der Waals surface area contributed by atoms with Gasteiger partial charge in [-0.1, -0.05) is 6.92 Å². The molecule has 0 saturated carbocycles. The SMILES string of the molecule is CCS(=O)(=O)C1CSCCN1c1cc(C)nc(N)n1. The van der Waals surface area contributed by atoms with Gasteiger partial charge in [0.15, 0.2) is 9.84 Å². The number of aryl methyl sites for hydroxylation is 1. The maximum Gasteiger partial charge on any atom is 0.222 e. The fraction of sp³-hybridized carbons (Fsp3) is 0.636. The first-order chi connectivity index (χ1) is 8.94. The summed E-state index contributed by atoms with van der Waals surface area (Å²) in [6, 6.07) is 1.78. The third-order valence-corrected chi connectivity index (χ3v) is 6.34. The summed E-state index contributed by atoms with van der Waals surface area (Å²) >= 11 is 1.66. The molecule has 106 valence electrons. The average Bonchev–Trinajstić information content (AvgIpc) is 2.37. The van der Waals surface area contributed by atoms with Crippen molar-refractivity contribution in [2.75, 3.05) is 34.4 Å². The molecule has 1 saturated heterocycles. The van der Waals surface area contributed by atoms with Gasteiger partial charge in [0.2, 0.25) is 5.95 Å². The third kappa shape index (κ3) is 3.11. The number of nitrogens with two attached hydrogens (primary N) is 1. The molecule has 0 radical (unpaired) electrons. The van der Waals surface area contributed by atoms with E-state index in [9.17, 15) is 8.42 Å². The van der Waals surface area contributed by atoms with Crippen molar-refractivity contribution in [3.63, 3.8) is 0 Å². The number of aromatic nitrogens is 2. The van der Waals surface area contributed by atoms with Crippen LogP contribution in [0.4, 0.5) is 11.8 Å². The molecule has 0 aromatic carbocycles. The molecule has 1 fully saturated rings. The number of sulfone groups is 1. The molecule has 2 N–H and O–H groups in total. The van der Waals surface area contributed by atoms with E-state index in [-0.39, 0.29) is 11.7 Å². The summed E-state index contributed by atoms with van der Waals surface area (Å²) in [5.74, 6) is 2.37. The Kier molecular flexibility index (Phi) is 4.19. The predicted octanol–water partition coefficient (Wildman–Crippen LogP) is 0.681. The van der Waals surface area contributed by atoms with Crippen molar-refractivity contribution >= 4 is 33.4 Å². The second-order valence-electron chi connectivity index (χ2n) is 4.40. The minimum atomic E-state index is -3.14. The lowest BCUT2D eigenvalue weighted by atomic mass is 10.4. The highest BCUT2D eigenvalue weighted by Gasteiger charge is 2.33. The van der Waals surface area contributed by atoms with Crippen LogP contribution < -0.4 is 10.6 Å². The van der Waals surface area contributed by atoms with Gasteiger partial charge < -0.3 is 10.6 Å². The largest absolute Gasteiger partial charge is 0.368 e. The molecule has 1 aromatic rings.